The Bertz CT molecular complexity index is 1220. The molecule has 170 valence electrons. The summed E-state index contributed by atoms with van der Waals surface area (Å²) in [6, 6.07) is 17.9. The second-order valence-electron chi connectivity index (χ2n) is 7.99. The highest BCUT2D eigenvalue weighted by atomic mass is 16.5. The molecule has 2 heterocycles. The quantitative estimate of drug-likeness (QED) is 0.288. The van der Waals surface area contributed by atoms with Crippen molar-refractivity contribution in [1.82, 2.24) is 9.97 Å². The Kier molecular flexibility index (Phi) is 6.88. The Balaban J connectivity index is 1.74. The molecule has 0 saturated heterocycles. The lowest BCUT2D eigenvalue weighted by Crippen LogP contribution is -2.16. The summed E-state index contributed by atoms with van der Waals surface area (Å²) in [5.41, 5.74) is 3.35. The van der Waals surface area contributed by atoms with E-state index in [-0.39, 0.29) is 12.5 Å². The lowest BCUT2D eigenvalue weighted by atomic mass is 9.99. The van der Waals surface area contributed by atoms with Crippen molar-refractivity contribution < 1.29 is 19.1 Å². The normalized spacial score (nSPS) is 11.9. The highest BCUT2D eigenvalue weighted by Crippen LogP contribution is 2.43. The van der Waals surface area contributed by atoms with Gasteiger partial charge in [0.2, 0.25) is 5.71 Å². The molecule has 0 radical (unpaired) electrons. The maximum Gasteiger partial charge on any atom is 0.303 e. The van der Waals surface area contributed by atoms with E-state index in [4.69, 9.17) is 14.3 Å². The van der Waals surface area contributed by atoms with Crippen LogP contribution in [0.15, 0.2) is 65.3 Å². The molecule has 4 aromatic rings. The van der Waals surface area contributed by atoms with E-state index in [2.05, 4.69) is 22.2 Å². The molecule has 7 nitrogen and oxygen atoms in total. The molecule has 0 aliphatic heterocycles. The van der Waals surface area contributed by atoms with Gasteiger partial charge < -0.3 is 19.6 Å². The number of carboxylic acids is 1. The number of hydrogen-bond acceptors (Lipinski definition) is 6. The predicted octanol–water partition coefficient (Wildman–Crippen LogP) is 6.01. The van der Waals surface area contributed by atoms with Crippen LogP contribution >= 0.6 is 0 Å². The molecule has 0 saturated carbocycles. The maximum atomic E-state index is 10.8. The number of anilines is 1. The maximum absolute atomic E-state index is 10.8. The molecule has 7 heteroatoms. The van der Waals surface area contributed by atoms with Gasteiger partial charge in [-0.3, -0.25) is 4.79 Å². The molecule has 0 aliphatic rings. The van der Waals surface area contributed by atoms with Crippen molar-refractivity contribution in [3.05, 3.63) is 60.9 Å². The molecule has 2 aromatic carbocycles. The summed E-state index contributed by atoms with van der Waals surface area (Å²) in [6.45, 7) is 2.07. The van der Waals surface area contributed by atoms with Crippen molar-refractivity contribution in [2.24, 2.45) is 0 Å². The van der Waals surface area contributed by atoms with Crippen LogP contribution in [0.1, 0.15) is 32.6 Å². The van der Waals surface area contributed by atoms with Gasteiger partial charge in [0.05, 0.1) is 12.5 Å². The standard InChI is InChI=1S/C26H27N3O4/c1-17(8-6-7-11-21(30)31)29-25-23-22(18-12-14-20(32-2)15-13-18)24(19-9-4-3-5-10-19)33-26(23)28-16-27-25/h3-5,9-10,12-17H,6-8,11H2,1-2H3,(H,30,31)(H,27,28,29). The Morgan fingerprint density at radius 3 is 2.52 bits per heavy atom. The molecular formula is C26H27N3O4. The topological polar surface area (TPSA) is 97.5 Å². The third kappa shape index (κ3) is 5.14. The molecule has 4 rings (SSSR count). The molecule has 33 heavy (non-hydrogen) atoms. The Morgan fingerprint density at radius 1 is 1.06 bits per heavy atom. The SMILES string of the molecule is COc1ccc(-c2c(-c3ccccc3)oc3ncnc(NC(C)CCCCC(=O)O)c23)cc1. The number of nitrogens with one attached hydrogen (secondary N) is 1. The molecule has 1 unspecified atom stereocenters. The van der Waals surface area contributed by atoms with Crippen molar-refractivity contribution >= 4 is 22.9 Å². The zero-order valence-electron chi connectivity index (χ0n) is 18.7. The largest absolute Gasteiger partial charge is 0.497 e. The zero-order valence-corrected chi connectivity index (χ0v) is 18.7. The molecule has 0 amide bonds. The number of unbranched alkanes of at least 4 members (excludes halogenated alkanes) is 1. The van der Waals surface area contributed by atoms with Crippen LogP contribution in [0, 0.1) is 0 Å². The number of ether oxygens (including phenoxy) is 1. The van der Waals surface area contributed by atoms with Crippen molar-refractivity contribution in [3.63, 3.8) is 0 Å². The van der Waals surface area contributed by atoms with Gasteiger partial charge in [0, 0.05) is 23.6 Å². The van der Waals surface area contributed by atoms with E-state index in [9.17, 15) is 4.79 Å². The molecule has 1 atom stereocenters. The number of fused-ring (bicyclic) bond motifs is 1. The van der Waals surface area contributed by atoms with E-state index < -0.39 is 5.97 Å². The average Bonchev–Trinajstić information content (AvgIpc) is 3.23. The van der Waals surface area contributed by atoms with E-state index in [0.717, 1.165) is 46.4 Å². The van der Waals surface area contributed by atoms with Gasteiger partial charge in [-0.2, -0.15) is 0 Å². The van der Waals surface area contributed by atoms with Crippen LogP contribution in [0.4, 0.5) is 5.82 Å². The highest BCUT2D eigenvalue weighted by molar-refractivity contribution is 6.05. The Labute approximate surface area is 192 Å². The fraction of sp³-hybridized carbons (Fsp3) is 0.269. The van der Waals surface area contributed by atoms with E-state index in [0.29, 0.717) is 18.0 Å². The summed E-state index contributed by atoms with van der Waals surface area (Å²) in [5, 5.41) is 13.2. The minimum atomic E-state index is -0.760. The lowest BCUT2D eigenvalue weighted by molar-refractivity contribution is -0.137. The second-order valence-corrected chi connectivity index (χ2v) is 7.99. The van der Waals surface area contributed by atoms with Gasteiger partial charge in [0.15, 0.2) is 0 Å². The van der Waals surface area contributed by atoms with E-state index in [1.807, 2.05) is 54.6 Å². The monoisotopic (exact) mass is 445 g/mol. The molecular weight excluding hydrogens is 418 g/mol. The Morgan fingerprint density at radius 2 is 1.82 bits per heavy atom. The molecule has 2 N–H and O–H groups in total. The zero-order chi connectivity index (χ0) is 23.2. The average molecular weight is 446 g/mol. The number of carbonyl (C=O) groups is 1. The number of benzene rings is 2. The predicted molar refractivity (Wildman–Crippen MR) is 128 cm³/mol. The first-order valence-corrected chi connectivity index (χ1v) is 11.0. The van der Waals surface area contributed by atoms with Crippen molar-refractivity contribution in [2.45, 2.75) is 38.6 Å². The molecule has 0 bridgehead atoms. The van der Waals surface area contributed by atoms with Gasteiger partial charge >= 0.3 is 5.97 Å². The summed E-state index contributed by atoms with van der Waals surface area (Å²) < 4.78 is 11.6. The van der Waals surface area contributed by atoms with Crippen LogP contribution in [0.3, 0.4) is 0 Å². The number of furan rings is 1. The van der Waals surface area contributed by atoms with E-state index in [1.165, 1.54) is 6.33 Å². The number of aliphatic carboxylic acids is 1. The molecule has 2 aromatic heterocycles. The minimum Gasteiger partial charge on any atom is -0.497 e. The summed E-state index contributed by atoms with van der Waals surface area (Å²) in [7, 11) is 1.64. The van der Waals surface area contributed by atoms with Gasteiger partial charge in [-0.1, -0.05) is 48.9 Å². The van der Waals surface area contributed by atoms with Gasteiger partial charge in [0.1, 0.15) is 23.7 Å². The minimum absolute atomic E-state index is 0.107. The molecule has 0 fully saturated rings. The smallest absolute Gasteiger partial charge is 0.303 e. The van der Waals surface area contributed by atoms with Gasteiger partial charge in [-0.05, 0) is 37.5 Å². The van der Waals surface area contributed by atoms with Gasteiger partial charge in [-0.15, -0.1) is 0 Å². The summed E-state index contributed by atoms with van der Waals surface area (Å²) in [4.78, 5) is 19.7. The number of carboxylic acid groups (broad SMARTS) is 1. The third-order valence-electron chi connectivity index (χ3n) is 5.56. The third-order valence-corrected chi connectivity index (χ3v) is 5.56. The van der Waals surface area contributed by atoms with Crippen molar-refractivity contribution in [3.8, 4) is 28.2 Å². The summed E-state index contributed by atoms with van der Waals surface area (Å²) >= 11 is 0. The number of nitrogens with zero attached hydrogens (tertiary/aromatic N) is 2. The number of aromatic nitrogens is 2. The Hall–Kier alpha value is -3.87. The van der Waals surface area contributed by atoms with Gasteiger partial charge in [-0.25, -0.2) is 9.97 Å². The number of rotatable bonds is 10. The first kappa shape index (κ1) is 22.3. The fourth-order valence-electron chi connectivity index (χ4n) is 3.90. The number of methoxy groups -OCH3 is 1. The van der Waals surface area contributed by atoms with Crippen LogP contribution in [0.5, 0.6) is 5.75 Å². The summed E-state index contributed by atoms with van der Waals surface area (Å²) in [5.74, 6) is 1.44. The molecule has 0 spiro atoms. The van der Waals surface area contributed by atoms with Crippen LogP contribution < -0.4 is 10.1 Å². The first-order chi connectivity index (χ1) is 16.1. The van der Waals surface area contributed by atoms with Crippen LogP contribution in [-0.4, -0.2) is 34.2 Å². The second kappa shape index (κ2) is 10.2. The van der Waals surface area contributed by atoms with E-state index >= 15 is 0 Å². The summed E-state index contributed by atoms with van der Waals surface area (Å²) in [6.07, 6.45) is 3.99. The van der Waals surface area contributed by atoms with E-state index in [1.54, 1.807) is 7.11 Å². The van der Waals surface area contributed by atoms with Crippen LogP contribution in [-0.2, 0) is 4.79 Å². The van der Waals surface area contributed by atoms with Crippen molar-refractivity contribution in [2.75, 3.05) is 12.4 Å². The first-order valence-electron chi connectivity index (χ1n) is 11.0. The fourth-order valence-corrected chi connectivity index (χ4v) is 3.90. The van der Waals surface area contributed by atoms with Gasteiger partial charge in [0.25, 0.3) is 0 Å². The van der Waals surface area contributed by atoms with Crippen molar-refractivity contribution in [1.29, 1.82) is 0 Å². The lowest BCUT2D eigenvalue weighted by Gasteiger charge is -2.15. The molecule has 0 aliphatic carbocycles. The van der Waals surface area contributed by atoms with Crippen LogP contribution in [0.2, 0.25) is 0 Å². The van der Waals surface area contributed by atoms with Crippen LogP contribution in [0.25, 0.3) is 33.6 Å². The highest BCUT2D eigenvalue weighted by Gasteiger charge is 2.22. The number of hydrogen-bond donors (Lipinski definition) is 2.